The maximum atomic E-state index is 13.0. The number of benzene rings is 1. The fraction of sp³-hybridized carbons (Fsp3) is 0.478. The van der Waals surface area contributed by atoms with Gasteiger partial charge in [0.15, 0.2) is 0 Å². The van der Waals surface area contributed by atoms with Gasteiger partial charge in [-0.1, -0.05) is 30.4 Å². The number of unbranched alkanes of at least 4 members (excludes halogenated alkanes) is 1. The molecule has 4 rings (SSSR count). The second-order valence-corrected chi connectivity index (χ2v) is 9.05. The minimum Gasteiger partial charge on any atom is -0.481 e. The Hall–Kier alpha value is -2.14. The Morgan fingerprint density at radius 1 is 1.18 bits per heavy atom. The Morgan fingerprint density at radius 3 is 2.86 bits per heavy atom. The Kier molecular flexibility index (Phi) is 5.81. The van der Waals surface area contributed by atoms with Gasteiger partial charge < -0.3 is 10.4 Å². The number of carbonyl (C=O) groups excluding carboxylic acids is 1. The van der Waals surface area contributed by atoms with E-state index >= 15 is 0 Å². The third-order valence-corrected chi connectivity index (χ3v) is 7.41. The van der Waals surface area contributed by atoms with Gasteiger partial charge >= 0.3 is 5.97 Å². The first kappa shape index (κ1) is 19.2. The highest BCUT2D eigenvalue weighted by Gasteiger charge is 2.47. The number of rotatable bonds is 8. The molecule has 4 nitrogen and oxygen atoms in total. The molecule has 4 atom stereocenters. The molecule has 0 saturated heterocycles. The van der Waals surface area contributed by atoms with Gasteiger partial charge in [-0.25, -0.2) is 0 Å². The van der Waals surface area contributed by atoms with Crippen molar-refractivity contribution in [3.8, 4) is 0 Å². The molecule has 2 N–H and O–H groups in total. The molecule has 0 radical (unpaired) electrons. The van der Waals surface area contributed by atoms with Crippen LogP contribution in [-0.4, -0.2) is 23.0 Å². The molecule has 0 unspecified atom stereocenters. The van der Waals surface area contributed by atoms with Gasteiger partial charge in [0.2, 0.25) is 0 Å². The summed E-state index contributed by atoms with van der Waals surface area (Å²) in [5, 5.41) is 15.1. The molecule has 1 aromatic carbocycles. The molecule has 2 fully saturated rings. The Balaban J connectivity index is 1.39. The van der Waals surface area contributed by atoms with E-state index in [0.29, 0.717) is 24.2 Å². The summed E-state index contributed by atoms with van der Waals surface area (Å²) in [5.41, 5.74) is 0.798. The molecule has 0 aliphatic heterocycles. The van der Waals surface area contributed by atoms with Crippen molar-refractivity contribution in [1.82, 2.24) is 5.32 Å². The van der Waals surface area contributed by atoms with Gasteiger partial charge in [-0.3, -0.25) is 9.59 Å². The molecule has 5 heteroatoms. The second-order valence-electron chi connectivity index (χ2n) is 8.13. The van der Waals surface area contributed by atoms with E-state index in [-0.39, 0.29) is 18.4 Å². The molecule has 1 amide bonds. The van der Waals surface area contributed by atoms with Crippen LogP contribution in [0.4, 0.5) is 0 Å². The van der Waals surface area contributed by atoms with Crippen LogP contribution in [0, 0.1) is 17.8 Å². The van der Waals surface area contributed by atoms with Crippen LogP contribution in [0.5, 0.6) is 0 Å². The SMILES string of the molecule is O=C(O)CCCC=CC[C@H]1[C@@H]2CC[C@@H](C2)[C@@H]1NC(=O)c1csc2ccccc12. The van der Waals surface area contributed by atoms with Gasteiger partial charge in [-0.15, -0.1) is 11.3 Å². The number of hydrogen-bond acceptors (Lipinski definition) is 3. The minimum atomic E-state index is -0.731. The summed E-state index contributed by atoms with van der Waals surface area (Å²) in [4.78, 5) is 23.6. The van der Waals surface area contributed by atoms with E-state index < -0.39 is 5.97 Å². The summed E-state index contributed by atoms with van der Waals surface area (Å²) >= 11 is 1.63. The first-order valence-corrected chi connectivity index (χ1v) is 11.2. The lowest BCUT2D eigenvalue weighted by molar-refractivity contribution is -0.137. The highest BCUT2D eigenvalue weighted by Crippen LogP contribution is 2.50. The monoisotopic (exact) mass is 397 g/mol. The van der Waals surface area contributed by atoms with Crippen LogP contribution in [0.2, 0.25) is 0 Å². The van der Waals surface area contributed by atoms with Crippen LogP contribution in [0.15, 0.2) is 41.8 Å². The molecule has 148 valence electrons. The number of carboxylic acids is 1. The van der Waals surface area contributed by atoms with Crippen LogP contribution in [0.3, 0.4) is 0 Å². The van der Waals surface area contributed by atoms with Crippen molar-refractivity contribution in [2.24, 2.45) is 17.8 Å². The fourth-order valence-corrected chi connectivity index (χ4v) is 6.04. The van der Waals surface area contributed by atoms with Crippen LogP contribution in [0.25, 0.3) is 10.1 Å². The van der Waals surface area contributed by atoms with Crippen LogP contribution in [-0.2, 0) is 4.79 Å². The first-order valence-electron chi connectivity index (χ1n) is 10.3. The molecular weight excluding hydrogens is 370 g/mol. The highest BCUT2D eigenvalue weighted by atomic mass is 32.1. The van der Waals surface area contributed by atoms with E-state index in [9.17, 15) is 9.59 Å². The summed E-state index contributed by atoms with van der Waals surface area (Å²) < 4.78 is 1.15. The van der Waals surface area contributed by atoms with Crippen molar-refractivity contribution < 1.29 is 14.7 Å². The standard InChI is InChI=1S/C23H27NO3S/c25-21(26)10-4-2-1-3-7-17-15-11-12-16(13-15)22(17)24-23(27)19-14-28-20-9-6-5-8-18(19)20/h1,3,5-6,8-9,14-17,22H,2,4,7,10-13H2,(H,24,27)(H,25,26)/t15-,16+,17+,22+/m1/s1. The van der Waals surface area contributed by atoms with E-state index in [1.54, 1.807) is 11.3 Å². The summed E-state index contributed by atoms with van der Waals surface area (Å²) in [5.74, 6) is 1.14. The van der Waals surface area contributed by atoms with E-state index in [2.05, 4.69) is 23.5 Å². The lowest BCUT2D eigenvalue weighted by atomic mass is 9.82. The van der Waals surface area contributed by atoms with Crippen molar-refractivity contribution >= 4 is 33.3 Å². The average molecular weight is 398 g/mol. The zero-order valence-electron chi connectivity index (χ0n) is 16.0. The van der Waals surface area contributed by atoms with E-state index in [1.165, 1.54) is 19.3 Å². The lowest BCUT2D eigenvalue weighted by Crippen LogP contribution is -2.43. The molecule has 28 heavy (non-hydrogen) atoms. The minimum absolute atomic E-state index is 0.0606. The number of thiophene rings is 1. The van der Waals surface area contributed by atoms with E-state index in [1.807, 2.05) is 23.6 Å². The van der Waals surface area contributed by atoms with Gasteiger partial charge in [-0.2, -0.15) is 0 Å². The number of fused-ring (bicyclic) bond motifs is 3. The van der Waals surface area contributed by atoms with Crippen molar-refractivity contribution in [1.29, 1.82) is 0 Å². The van der Waals surface area contributed by atoms with Crippen molar-refractivity contribution in [2.45, 2.75) is 51.0 Å². The number of carbonyl (C=O) groups is 2. The molecule has 2 saturated carbocycles. The van der Waals surface area contributed by atoms with E-state index in [0.717, 1.165) is 28.5 Å². The quantitative estimate of drug-likeness (QED) is 0.472. The molecule has 0 spiro atoms. The zero-order chi connectivity index (χ0) is 19.5. The van der Waals surface area contributed by atoms with Gasteiger partial charge in [0.05, 0.1) is 5.56 Å². The van der Waals surface area contributed by atoms with Gasteiger partial charge in [0.1, 0.15) is 0 Å². The first-order chi connectivity index (χ1) is 13.6. The molecule has 2 aliphatic rings. The number of amides is 1. The summed E-state index contributed by atoms with van der Waals surface area (Å²) in [6.45, 7) is 0. The number of aliphatic carboxylic acids is 1. The maximum Gasteiger partial charge on any atom is 0.303 e. The lowest BCUT2D eigenvalue weighted by Gasteiger charge is -2.31. The molecule has 2 aromatic rings. The number of allylic oxidation sites excluding steroid dienone is 2. The maximum absolute atomic E-state index is 13.0. The van der Waals surface area contributed by atoms with E-state index in [4.69, 9.17) is 5.11 Å². The van der Waals surface area contributed by atoms with Crippen LogP contribution >= 0.6 is 11.3 Å². The van der Waals surface area contributed by atoms with Crippen molar-refractivity contribution in [2.75, 3.05) is 0 Å². The molecule has 2 aliphatic carbocycles. The summed E-state index contributed by atoms with van der Waals surface area (Å²) in [6, 6.07) is 8.34. The van der Waals surface area contributed by atoms with Gasteiger partial charge in [0, 0.05) is 27.9 Å². The number of nitrogens with one attached hydrogen (secondary N) is 1. The van der Waals surface area contributed by atoms with Crippen LogP contribution in [0.1, 0.15) is 55.3 Å². The average Bonchev–Trinajstić information content (AvgIpc) is 3.39. The molecule has 1 aromatic heterocycles. The van der Waals surface area contributed by atoms with Crippen molar-refractivity contribution in [3.63, 3.8) is 0 Å². The number of carboxylic acid groups (broad SMARTS) is 1. The predicted molar refractivity (Wildman–Crippen MR) is 113 cm³/mol. The second kappa shape index (κ2) is 8.48. The summed E-state index contributed by atoms with van der Waals surface area (Å²) in [7, 11) is 0. The Labute approximate surface area is 169 Å². The topological polar surface area (TPSA) is 66.4 Å². The van der Waals surface area contributed by atoms with Crippen molar-refractivity contribution in [3.05, 3.63) is 47.4 Å². The predicted octanol–water partition coefficient (Wildman–Crippen LogP) is 5.25. The van der Waals surface area contributed by atoms with Gasteiger partial charge in [-0.05, 0) is 62.3 Å². The summed E-state index contributed by atoms with van der Waals surface area (Å²) in [6.07, 6.45) is 10.7. The largest absolute Gasteiger partial charge is 0.481 e. The number of hydrogen-bond donors (Lipinski definition) is 2. The third-order valence-electron chi connectivity index (χ3n) is 6.45. The molecule has 2 bridgehead atoms. The molecule has 1 heterocycles. The normalized spacial score (nSPS) is 26.3. The smallest absolute Gasteiger partial charge is 0.303 e. The Bertz CT molecular complexity index is 887. The third kappa shape index (κ3) is 4.00. The van der Waals surface area contributed by atoms with Gasteiger partial charge in [0.25, 0.3) is 5.91 Å². The van der Waals surface area contributed by atoms with Crippen LogP contribution < -0.4 is 5.32 Å². The fourth-order valence-electron chi connectivity index (χ4n) is 5.10. The molecular formula is C23H27NO3S. The Morgan fingerprint density at radius 2 is 2.00 bits per heavy atom. The zero-order valence-corrected chi connectivity index (χ0v) is 16.8. The highest BCUT2D eigenvalue weighted by molar-refractivity contribution is 7.17.